The van der Waals surface area contributed by atoms with Gasteiger partial charge in [0, 0.05) is 5.54 Å². The number of hydrogen-bond donors (Lipinski definition) is 1. The van der Waals surface area contributed by atoms with Crippen LogP contribution < -0.4 is 10.5 Å². The fourth-order valence-corrected chi connectivity index (χ4v) is 1.80. The van der Waals surface area contributed by atoms with Gasteiger partial charge >= 0.3 is 6.01 Å². The van der Waals surface area contributed by atoms with Crippen LogP contribution >= 0.6 is 11.6 Å². The van der Waals surface area contributed by atoms with Crippen LogP contribution in [0.4, 0.5) is 0 Å². The van der Waals surface area contributed by atoms with E-state index in [0.717, 1.165) is 37.1 Å². The summed E-state index contributed by atoms with van der Waals surface area (Å²) in [5.41, 5.74) is 7.65. The highest BCUT2D eigenvalue weighted by Gasteiger charge is 2.37. The summed E-state index contributed by atoms with van der Waals surface area (Å²) in [6.45, 7) is 1.85. The zero-order valence-corrected chi connectivity index (χ0v) is 10.3. The lowest BCUT2D eigenvalue weighted by Gasteiger charge is -2.10. The Morgan fingerprint density at radius 3 is 2.69 bits per heavy atom. The van der Waals surface area contributed by atoms with Crippen LogP contribution in [0.15, 0.2) is 0 Å². The summed E-state index contributed by atoms with van der Waals surface area (Å²) < 4.78 is 5.03. The molecule has 16 heavy (non-hydrogen) atoms. The van der Waals surface area contributed by atoms with Gasteiger partial charge in [-0.3, -0.25) is 0 Å². The molecule has 2 rings (SSSR count). The van der Waals surface area contributed by atoms with Crippen molar-refractivity contribution in [3.8, 4) is 6.01 Å². The van der Waals surface area contributed by atoms with E-state index in [1.807, 2.05) is 6.92 Å². The molecule has 0 amide bonds. The Labute approximate surface area is 100 Å². The minimum absolute atomic E-state index is 0.0232. The standard InChI is InChI=1S/C11H16ClN3O/c1-7-9(12)8(15-10(14-7)16-2)3-4-11(13)5-6-11/h3-6,13H2,1-2H3. The molecule has 0 saturated heterocycles. The van der Waals surface area contributed by atoms with E-state index in [1.165, 1.54) is 0 Å². The molecule has 1 fully saturated rings. The van der Waals surface area contributed by atoms with Crippen molar-refractivity contribution >= 4 is 11.6 Å². The van der Waals surface area contributed by atoms with E-state index in [2.05, 4.69) is 9.97 Å². The van der Waals surface area contributed by atoms with Gasteiger partial charge in [0.15, 0.2) is 0 Å². The number of hydrogen-bond acceptors (Lipinski definition) is 4. The molecule has 0 bridgehead atoms. The van der Waals surface area contributed by atoms with Gasteiger partial charge in [0.25, 0.3) is 0 Å². The van der Waals surface area contributed by atoms with Crippen LogP contribution in [0.3, 0.4) is 0 Å². The molecule has 4 nitrogen and oxygen atoms in total. The Kier molecular flexibility index (Phi) is 3.04. The van der Waals surface area contributed by atoms with E-state index >= 15 is 0 Å². The Hall–Kier alpha value is -0.870. The van der Waals surface area contributed by atoms with Crippen molar-refractivity contribution in [3.05, 3.63) is 16.4 Å². The number of ether oxygens (including phenoxy) is 1. The fraction of sp³-hybridized carbons (Fsp3) is 0.636. The molecule has 1 heterocycles. The highest BCUT2D eigenvalue weighted by molar-refractivity contribution is 6.31. The molecular formula is C11H16ClN3O. The Bertz CT molecular complexity index is 404. The molecule has 5 heteroatoms. The van der Waals surface area contributed by atoms with Crippen molar-refractivity contribution in [2.45, 2.75) is 38.1 Å². The van der Waals surface area contributed by atoms with Crippen molar-refractivity contribution in [1.29, 1.82) is 0 Å². The largest absolute Gasteiger partial charge is 0.467 e. The molecule has 2 N–H and O–H groups in total. The van der Waals surface area contributed by atoms with E-state index in [1.54, 1.807) is 7.11 Å². The summed E-state index contributed by atoms with van der Waals surface area (Å²) >= 11 is 6.15. The zero-order chi connectivity index (χ0) is 11.8. The SMILES string of the molecule is COc1nc(C)c(Cl)c(CCC2(N)CC2)n1. The molecule has 0 unspecified atom stereocenters. The molecule has 0 aliphatic heterocycles. The van der Waals surface area contributed by atoms with Crippen LogP contribution in [-0.2, 0) is 6.42 Å². The Balaban J connectivity index is 2.15. The highest BCUT2D eigenvalue weighted by atomic mass is 35.5. The van der Waals surface area contributed by atoms with Crippen molar-refractivity contribution in [1.82, 2.24) is 9.97 Å². The summed E-state index contributed by atoms with van der Waals surface area (Å²) in [6.07, 6.45) is 3.92. The van der Waals surface area contributed by atoms with Crippen molar-refractivity contribution in [3.63, 3.8) is 0 Å². The molecule has 88 valence electrons. The molecule has 0 aromatic carbocycles. The highest BCUT2D eigenvalue weighted by Crippen LogP contribution is 2.37. The number of aromatic nitrogens is 2. The second-order valence-corrected chi connectivity index (χ2v) is 4.80. The van der Waals surface area contributed by atoms with Gasteiger partial charge in [-0.2, -0.15) is 9.97 Å². The van der Waals surface area contributed by atoms with Crippen LogP contribution in [-0.4, -0.2) is 22.6 Å². The quantitative estimate of drug-likeness (QED) is 0.874. The second kappa shape index (κ2) is 4.18. The van der Waals surface area contributed by atoms with Gasteiger partial charge in [-0.15, -0.1) is 0 Å². The zero-order valence-electron chi connectivity index (χ0n) is 9.59. The van der Waals surface area contributed by atoms with Gasteiger partial charge in [-0.25, -0.2) is 0 Å². The molecular weight excluding hydrogens is 226 g/mol. The third-order valence-corrected chi connectivity index (χ3v) is 3.49. The first-order chi connectivity index (χ1) is 7.54. The summed E-state index contributed by atoms with van der Waals surface area (Å²) in [5.74, 6) is 0. The lowest BCUT2D eigenvalue weighted by Crippen LogP contribution is -2.22. The van der Waals surface area contributed by atoms with Crippen molar-refractivity contribution < 1.29 is 4.74 Å². The smallest absolute Gasteiger partial charge is 0.316 e. The molecule has 1 aliphatic carbocycles. The molecule has 0 atom stereocenters. The maximum atomic E-state index is 6.15. The predicted molar refractivity (Wildman–Crippen MR) is 62.8 cm³/mol. The minimum atomic E-state index is 0.0232. The lowest BCUT2D eigenvalue weighted by atomic mass is 10.1. The lowest BCUT2D eigenvalue weighted by molar-refractivity contribution is 0.376. The van der Waals surface area contributed by atoms with E-state index in [9.17, 15) is 0 Å². The number of nitrogens with zero attached hydrogens (tertiary/aromatic N) is 2. The van der Waals surface area contributed by atoms with E-state index in [-0.39, 0.29) is 5.54 Å². The average Bonchev–Trinajstić information content (AvgIpc) is 2.99. The maximum Gasteiger partial charge on any atom is 0.316 e. The second-order valence-electron chi connectivity index (χ2n) is 4.42. The summed E-state index contributed by atoms with van der Waals surface area (Å²) in [6, 6.07) is 0.374. The number of aryl methyl sites for hydroxylation is 2. The van der Waals surface area contributed by atoms with Gasteiger partial charge in [0.2, 0.25) is 0 Å². The molecule has 1 aromatic heterocycles. The summed E-state index contributed by atoms with van der Waals surface area (Å²) in [4.78, 5) is 8.38. The van der Waals surface area contributed by atoms with E-state index in [4.69, 9.17) is 22.1 Å². The van der Waals surface area contributed by atoms with Crippen LogP contribution in [0, 0.1) is 6.92 Å². The topological polar surface area (TPSA) is 61.0 Å². The summed E-state index contributed by atoms with van der Waals surface area (Å²) in [7, 11) is 1.55. The Morgan fingerprint density at radius 1 is 1.44 bits per heavy atom. The predicted octanol–water partition coefficient (Wildman–Crippen LogP) is 1.87. The minimum Gasteiger partial charge on any atom is -0.467 e. The first-order valence-electron chi connectivity index (χ1n) is 5.40. The van der Waals surface area contributed by atoms with Gasteiger partial charge < -0.3 is 10.5 Å². The van der Waals surface area contributed by atoms with Crippen LogP contribution in [0.2, 0.25) is 5.02 Å². The van der Waals surface area contributed by atoms with Gasteiger partial charge in [0.1, 0.15) is 0 Å². The fourth-order valence-electron chi connectivity index (χ4n) is 1.63. The van der Waals surface area contributed by atoms with Crippen LogP contribution in [0.1, 0.15) is 30.7 Å². The summed E-state index contributed by atoms with van der Waals surface area (Å²) in [5, 5.41) is 0.630. The Morgan fingerprint density at radius 2 is 2.12 bits per heavy atom. The molecule has 1 aliphatic rings. The number of methoxy groups -OCH3 is 1. The molecule has 1 saturated carbocycles. The molecule has 1 aromatic rings. The van der Waals surface area contributed by atoms with E-state index < -0.39 is 0 Å². The first kappa shape index (κ1) is 11.6. The average molecular weight is 242 g/mol. The number of nitrogens with two attached hydrogens (primary N) is 1. The van der Waals surface area contributed by atoms with Gasteiger partial charge in [-0.05, 0) is 32.6 Å². The van der Waals surface area contributed by atoms with Crippen LogP contribution in [0.5, 0.6) is 6.01 Å². The van der Waals surface area contributed by atoms with Gasteiger partial charge in [-0.1, -0.05) is 11.6 Å². The van der Waals surface area contributed by atoms with Crippen molar-refractivity contribution in [2.75, 3.05) is 7.11 Å². The maximum absolute atomic E-state index is 6.15. The number of rotatable bonds is 4. The first-order valence-corrected chi connectivity index (χ1v) is 5.78. The normalized spacial score (nSPS) is 17.2. The number of halogens is 1. The third-order valence-electron chi connectivity index (χ3n) is 3.00. The van der Waals surface area contributed by atoms with Gasteiger partial charge in [0.05, 0.1) is 23.5 Å². The van der Waals surface area contributed by atoms with Crippen LogP contribution in [0.25, 0.3) is 0 Å². The van der Waals surface area contributed by atoms with E-state index in [0.29, 0.717) is 11.0 Å². The molecule has 0 spiro atoms. The molecule has 0 radical (unpaired) electrons. The van der Waals surface area contributed by atoms with Crippen molar-refractivity contribution in [2.24, 2.45) is 5.73 Å². The third kappa shape index (κ3) is 2.44. The monoisotopic (exact) mass is 241 g/mol.